The van der Waals surface area contributed by atoms with Crippen molar-refractivity contribution in [2.75, 3.05) is 31.2 Å². The van der Waals surface area contributed by atoms with Gasteiger partial charge in [-0.1, -0.05) is 11.6 Å². The lowest BCUT2D eigenvalue weighted by Gasteiger charge is -2.29. The normalized spacial score (nSPS) is 17.8. The first-order chi connectivity index (χ1) is 16.9. The van der Waals surface area contributed by atoms with Gasteiger partial charge < -0.3 is 15.0 Å². The minimum absolute atomic E-state index is 0.275. The molecule has 1 amide bonds. The summed E-state index contributed by atoms with van der Waals surface area (Å²) in [6.45, 7) is 10.1. The molecule has 0 spiro atoms. The predicted octanol–water partition coefficient (Wildman–Crippen LogP) is 4.29. The number of amides is 1. The molecule has 35 heavy (non-hydrogen) atoms. The van der Waals surface area contributed by atoms with Gasteiger partial charge in [0.25, 0.3) is 5.91 Å². The summed E-state index contributed by atoms with van der Waals surface area (Å²) in [6.07, 6.45) is 6.64. The molecule has 4 rings (SSSR count). The summed E-state index contributed by atoms with van der Waals surface area (Å²) in [6, 6.07) is 7.63. The highest BCUT2D eigenvalue weighted by Crippen LogP contribution is 2.46. The number of halogens is 1. The Bertz CT molecular complexity index is 1250. The van der Waals surface area contributed by atoms with Crippen LogP contribution >= 0.6 is 11.6 Å². The van der Waals surface area contributed by atoms with Crippen molar-refractivity contribution < 1.29 is 9.53 Å². The van der Waals surface area contributed by atoms with Crippen molar-refractivity contribution in [3.63, 3.8) is 0 Å². The number of rotatable bonds is 7. The second kappa shape index (κ2) is 10.4. The maximum absolute atomic E-state index is 12.9. The van der Waals surface area contributed by atoms with Crippen molar-refractivity contribution in [3.8, 4) is 6.07 Å². The summed E-state index contributed by atoms with van der Waals surface area (Å²) < 4.78 is 5.45. The summed E-state index contributed by atoms with van der Waals surface area (Å²) in [5.74, 6) is -0.275. The number of aliphatic imine (C=N–C) groups is 1. The van der Waals surface area contributed by atoms with Gasteiger partial charge in [0.1, 0.15) is 0 Å². The van der Waals surface area contributed by atoms with Gasteiger partial charge in [0.15, 0.2) is 5.15 Å². The van der Waals surface area contributed by atoms with E-state index in [-0.39, 0.29) is 5.91 Å². The Hall–Kier alpha value is -3.54. The molecular formula is C26H27ClN6O2. The molecule has 1 saturated heterocycles. The third kappa shape index (κ3) is 5.42. The number of morpholine rings is 1. The number of aromatic nitrogens is 2. The molecule has 1 aliphatic heterocycles. The van der Waals surface area contributed by atoms with Crippen LogP contribution in [0.3, 0.4) is 0 Å². The molecule has 0 radical (unpaired) electrons. The number of hydrogen-bond acceptors (Lipinski definition) is 7. The van der Waals surface area contributed by atoms with Crippen LogP contribution in [0.4, 0.5) is 5.69 Å². The van der Waals surface area contributed by atoms with Crippen molar-refractivity contribution >= 4 is 35.5 Å². The van der Waals surface area contributed by atoms with E-state index in [9.17, 15) is 10.1 Å². The number of allylic oxidation sites excluding steroid dienone is 4. The Labute approximate surface area is 210 Å². The minimum Gasteiger partial charge on any atom is -0.378 e. The molecule has 3 heterocycles. The molecule has 2 aliphatic rings. The monoisotopic (exact) mass is 490 g/mol. The zero-order chi connectivity index (χ0) is 25.0. The van der Waals surface area contributed by atoms with E-state index in [1.807, 2.05) is 19.1 Å². The van der Waals surface area contributed by atoms with Crippen molar-refractivity contribution in [1.29, 1.82) is 5.26 Å². The lowest BCUT2D eigenvalue weighted by molar-refractivity contribution is 0.0965. The molecule has 2 fully saturated rings. The quantitative estimate of drug-likeness (QED) is 0.353. The van der Waals surface area contributed by atoms with E-state index in [1.54, 1.807) is 31.5 Å². The molecule has 2 aromatic heterocycles. The molecule has 0 unspecified atom stereocenters. The predicted molar refractivity (Wildman–Crippen MR) is 136 cm³/mol. The fraction of sp³-hybridized carbons (Fsp3) is 0.346. The van der Waals surface area contributed by atoms with Crippen molar-refractivity contribution in [2.45, 2.75) is 32.1 Å². The molecule has 2 aromatic rings. The van der Waals surface area contributed by atoms with Crippen LogP contribution in [-0.4, -0.2) is 48.9 Å². The van der Waals surface area contributed by atoms with Gasteiger partial charge in [-0.05, 0) is 57.7 Å². The topological polar surface area (TPSA) is 104 Å². The number of hydrogen-bond donors (Lipinski definition) is 1. The number of anilines is 1. The van der Waals surface area contributed by atoms with Crippen LogP contribution in [0.25, 0.3) is 5.57 Å². The van der Waals surface area contributed by atoms with Gasteiger partial charge in [0.05, 0.1) is 36.1 Å². The number of carbonyl (C=O) groups excluding carboxylic acids is 1. The molecule has 1 N–H and O–H groups in total. The van der Waals surface area contributed by atoms with Crippen LogP contribution in [0, 0.1) is 11.3 Å². The number of nitrogens with one attached hydrogen (secondary N) is 1. The Balaban J connectivity index is 1.59. The molecule has 0 aromatic carbocycles. The van der Waals surface area contributed by atoms with Gasteiger partial charge in [-0.3, -0.25) is 14.8 Å². The molecule has 1 saturated carbocycles. The lowest BCUT2D eigenvalue weighted by atomic mass is 10.0. The zero-order valence-corrected chi connectivity index (χ0v) is 20.6. The zero-order valence-electron chi connectivity index (χ0n) is 19.8. The highest BCUT2D eigenvalue weighted by atomic mass is 35.5. The fourth-order valence-electron chi connectivity index (χ4n) is 3.98. The van der Waals surface area contributed by atoms with Gasteiger partial charge in [0.2, 0.25) is 0 Å². The number of nitriles is 1. The van der Waals surface area contributed by atoms with E-state index in [4.69, 9.17) is 16.3 Å². The van der Waals surface area contributed by atoms with E-state index in [0.717, 1.165) is 42.8 Å². The highest BCUT2D eigenvalue weighted by molar-refractivity contribution is 6.32. The third-order valence-electron chi connectivity index (χ3n) is 6.26. The van der Waals surface area contributed by atoms with Gasteiger partial charge >= 0.3 is 0 Å². The van der Waals surface area contributed by atoms with Crippen molar-refractivity contribution in [3.05, 3.63) is 70.0 Å². The molecule has 1 aliphatic carbocycles. The minimum atomic E-state index is -0.552. The maximum Gasteiger partial charge on any atom is 0.255 e. The Morgan fingerprint density at radius 3 is 2.69 bits per heavy atom. The number of nitrogens with zero attached hydrogens (tertiary/aromatic N) is 5. The van der Waals surface area contributed by atoms with E-state index >= 15 is 0 Å². The molecule has 180 valence electrons. The smallest absolute Gasteiger partial charge is 0.255 e. The number of ether oxygens (including phenoxy) is 1. The van der Waals surface area contributed by atoms with Crippen LogP contribution in [-0.2, 0) is 10.2 Å². The first-order valence-electron chi connectivity index (χ1n) is 11.4. The summed E-state index contributed by atoms with van der Waals surface area (Å²) in [5.41, 5.74) is 4.26. The standard InChI is InChI=1S/C26H27ClN6O2/c1-17(32-25(34)19-4-7-30-23(14-19)26(16-28)5-6-26)12-21(18(2)29-3)20-13-22(24(27)31-15-20)33-8-10-35-11-9-33/h4,7,12-15H,3,5-6,8-11H2,1-2H3,(H,32,34)/b17-12+,21-18+. The highest BCUT2D eigenvalue weighted by Gasteiger charge is 2.46. The van der Waals surface area contributed by atoms with Crippen molar-refractivity contribution in [2.24, 2.45) is 4.99 Å². The van der Waals surface area contributed by atoms with Gasteiger partial charge in [-0.25, -0.2) is 4.98 Å². The second-order valence-electron chi connectivity index (χ2n) is 8.70. The first-order valence-corrected chi connectivity index (χ1v) is 11.8. The Morgan fingerprint density at radius 2 is 2.03 bits per heavy atom. The fourth-order valence-corrected chi connectivity index (χ4v) is 4.20. The van der Waals surface area contributed by atoms with Gasteiger partial charge in [-0.15, -0.1) is 0 Å². The molecule has 0 bridgehead atoms. The molecular weight excluding hydrogens is 464 g/mol. The largest absolute Gasteiger partial charge is 0.378 e. The summed E-state index contributed by atoms with van der Waals surface area (Å²) >= 11 is 6.41. The lowest BCUT2D eigenvalue weighted by Crippen LogP contribution is -2.36. The summed E-state index contributed by atoms with van der Waals surface area (Å²) in [5, 5.41) is 12.8. The summed E-state index contributed by atoms with van der Waals surface area (Å²) in [4.78, 5) is 27.9. The van der Waals surface area contributed by atoms with Crippen LogP contribution in [0.5, 0.6) is 0 Å². The molecule has 0 atom stereocenters. The van der Waals surface area contributed by atoms with Crippen LogP contribution in [0.2, 0.25) is 5.15 Å². The first kappa shape index (κ1) is 24.6. The van der Waals surface area contributed by atoms with Crippen LogP contribution in [0.1, 0.15) is 48.3 Å². The third-order valence-corrected chi connectivity index (χ3v) is 6.55. The van der Waals surface area contributed by atoms with Crippen LogP contribution < -0.4 is 10.2 Å². The molecule has 9 heteroatoms. The van der Waals surface area contributed by atoms with E-state index in [2.05, 4.69) is 38.0 Å². The Kier molecular flexibility index (Phi) is 7.29. The average Bonchev–Trinajstić information content (AvgIpc) is 3.69. The number of carbonyl (C=O) groups is 1. The SMILES string of the molecule is C=N/C(C)=C(\C=C(/C)NC(=O)c1ccnc(C2(C#N)CC2)c1)c1cnc(Cl)c(N2CCOCC2)c1. The molecule has 8 nitrogen and oxygen atoms in total. The van der Waals surface area contributed by atoms with Crippen LogP contribution in [0.15, 0.2) is 53.1 Å². The maximum atomic E-state index is 12.9. The van der Waals surface area contributed by atoms with E-state index < -0.39 is 5.41 Å². The average molecular weight is 491 g/mol. The van der Waals surface area contributed by atoms with E-state index in [1.165, 1.54) is 0 Å². The number of pyridine rings is 2. The second-order valence-corrected chi connectivity index (χ2v) is 9.05. The summed E-state index contributed by atoms with van der Waals surface area (Å²) in [7, 11) is 0. The van der Waals surface area contributed by atoms with Crippen molar-refractivity contribution in [1.82, 2.24) is 15.3 Å². The van der Waals surface area contributed by atoms with Gasteiger partial charge in [0, 0.05) is 53.6 Å². The Morgan fingerprint density at radius 1 is 1.29 bits per heavy atom. The van der Waals surface area contributed by atoms with Gasteiger partial charge in [-0.2, -0.15) is 5.26 Å². The van der Waals surface area contributed by atoms with E-state index in [0.29, 0.717) is 41.0 Å².